The number of hydrogen-bond donors (Lipinski definition) is 3. The van der Waals surface area contributed by atoms with Crippen LogP contribution in [-0.2, 0) is 0 Å². The molecule has 3 rings (SSSR count). The molecule has 138 valence electrons. The van der Waals surface area contributed by atoms with Crippen LogP contribution in [0.3, 0.4) is 0 Å². The number of nitrogens with one attached hydrogen (secondary N) is 2. The first-order valence-corrected chi connectivity index (χ1v) is 9.77. The molecular formula is C21H34N4. The first-order valence-electron chi connectivity index (χ1n) is 9.77. The van der Waals surface area contributed by atoms with Crippen molar-refractivity contribution in [1.29, 1.82) is 5.41 Å². The van der Waals surface area contributed by atoms with E-state index in [-0.39, 0.29) is 5.84 Å². The van der Waals surface area contributed by atoms with Crippen molar-refractivity contribution >= 4 is 5.84 Å². The molecule has 4 heteroatoms. The molecule has 1 aromatic rings. The number of likely N-dealkylation sites (tertiary alicyclic amines) is 1. The normalized spacial score (nSPS) is 26.5. The van der Waals surface area contributed by atoms with E-state index in [1.54, 1.807) is 0 Å². The van der Waals surface area contributed by atoms with Gasteiger partial charge in [0.2, 0.25) is 0 Å². The lowest BCUT2D eigenvalue weighted by molar-refractivity contribution is 0.00917. The van der Waals surface area contributed by atoms with Crippen LogP contribution < -0.4 is 11.1 Å². The molecule has 0 saturated carbocycles. The van der Waals surface area contributed by atoms with E-state index in [1.807, 2.05) is 12.1 Å². The van der Waals surface area contributed by atoms with Gasteiger partial charge >= 0.3 is 0 Å². The van der Waals surface area contributed by atoms with Crippen LogP contribution in [0.5, 0.6) is 0 Å². The Morgan fingerprint density at radius 1 is 1.12 bits per heavy atom. The molecule has 0 spiro atoms. The van der Waals surface area contributed by atoms with Crippen LogP contribution in [0.1, 0.15) is 63.5 Å². The lowest BCUT2D eigenvalue weighted by atomic mass is 9.74. The smallest absolute Gasteiger partial charge is 0.122 e. The second kappa shape index (κ2) is 7.46. The molecule has 1 aromatic carbocycles. The topological polar surface area (TPSA) is 65.1 Å². The Hall–Kier alpha value is -1.39. The predicted molar refractivity (Wildman–Crippen MR) is 105 cm³/mol. The highest BCUT2D eigenvalue weighted by molar-refractivity contribution is 5.94. The Kier molecular flexibility index (Phi) is 5.49. The Bertz CT molecular complexity index is 581. The Balaban J connectivity index is 1.76. The molecule has 2 saturated heterocycles. The third-order valence-corrected chi connectivity index (χ3v) is 6.11. The fraction of sp³-hybridized carbons (Fsp3) is 0.667. The molecule has 2 fully saturated rings. The Labute approximate surface area is 152 Å². The van der Waals surface area contributed by atoms with Gasteiger partial charge in [-0.1, -0.05) is 45.0 Å². The summed E-state index contributed by atoms with van der Waals surface area (Å²) in [6, 6.07) is 9.74. The van der Waals surface area contributed by atoms with Gasteiger partial charge in [0, 0.05) is 17.6 Å². The quantitative estimate of drug-likeness (QED) is 0.583. The fourth-order valence-electron chi connectivity index (χ4n) is 4.65. The van der Waals surface area contributed by atoms with E-state index in [2.05, 4.69) is 43.1 Å². The fourth-order valence-corrected chi connectivity index (χ4v) is 4.65. The van der Waals surface area contributed by atoms with Crippen molar-refractivity contribution in [3.05, 3.63) is 35.4 Å². The second-order valence-electron chi connectivity index (χ2n) is 8.86. The Morgan fingerprint density at radius 2 is 1.76 bits per heavy atom. The van der Waals surface area contributed by atoms with Gasteiger partial charge in [0.05, 0.1) is 0 Å². The van der Waals surface area contributed by atoms with Crippen LogP contribution in [0.25, 0.3) is 0 Å². The third kappa shape index (κ3) is 4.24. The van der Waals surface area contributed by atoms with Crippen molar-refractivity contribution in [1.82, 2.24) is 10.2 Å². The monoisotopic (exact) mass is 342 g/mol. The first-order chi connectivity index (χ1) is 11.9. The Morgan fingerprint density at radius 3 is 2.32 bits per heavy atom. The molecule has 0 radical (unpaired) electrons. The van der Waals surface area contributed by atoms with Crippen molar-refractivity contribution in [2.45, 2.75) is 64.5 Å². The van der Waals surface area contributed by atoms with Gasteiger partial charge in [0.1, 0.15) is 5.84 Å². The van der Waals surface area contributed by atoms with Gasteiger partial charge < -0.3 is 11.1 Å². The van der Waals surface area contributed by atoms with Gasteiger partial charge in [0.25, 0.3) is 0 Å². The van der Waals surface area contributed by atoms with Gasteiger partial charge in [-0.15, -0.1) is 0 Å². The molecule has 2 aliphatic heterocycles. The van der Waals surface area contributed by atoms with E-state index in [0.717, 1.165) is 24.7 Å². The van der Waals surface area contributed by atoms with Crippen molar-refractivity contribution in [3.63, 3.8) is 0 Å². The number of amidine groups is 1. The maximum atomic E-state index is 7.57. The lowest BCUT2D eigenvalue weighted by Crippen LogP contribution is -2.55. The van der Waals surface area contributed by atoms with Crippen molar-refractivity contribution in [2.24, 2.45) is 11.1 Å². The highest BCUT2D eigenvalue weighted by atomic mass is 15.2. The van der Waals surface area contributed by atoms with Crippen LogP contribution in [0.4, 0.5) is 0 Å². The largest absolute Gasteiger partial charge is 0.384 e. The van der Waals surface area contributed by atoms with Crippen LogP contribution in [-0.4, -0.2) is 42.5 Å². The van der Waals surface area contributed by atoms with Gasteiger partial charge in [0.15, 0.2) is 0 Å². The van der Waals surface area contributed by atoms with E-state index >= 15 is 0 Å². The maximum absolute atomic E-state index is 7.57. The highest BCUT2D eigenvalue weighted by Crippen LogP contribution is 2.40. The summed E-state index contributed by atoms with van der Waals surface area (Å²) >= 11 is 0. The van der Waals surface area contributed by atoms with Gasteiger partial charge in [-0.05, 0) is 62.2 Å². The standard InChI is InChI=1S/C21H34N4/c1-21(2,3)19-14-17(15-4-6-16(7-5-15)20(22)23)10-13-25(19)18-8-11-24-12-9-18/h4-7,17-19,24H,8-14H2,1-3H3,(H3,22,23). The lowest BCUT2D eigenvalue weighted by Gasteiger charge is -2.50. The second-order valence-corrected chi connectivity index (χ2v) is 8.86. The average molecular weight is 343 g/mol. The molecule has 0 amide bonds. The molecule has 25 heavy (non-hydrogen) atoms. The number of hydrogen-bond acceptors (Lipinski definition) is 3. The zero-order chi connectivity index (χ0) is 18.0. The van der Waals surface area contributed by atoms with Gasteiger partial charge in [-0.25, -0.2) is 0 Å². The van der Waals surface area contributed by atoms with Crippen LogP contribution in [0.15, 0.2) is 24.3 Å². The number of rotatable bonds is 3. The molecule has 0 bridgehead atoms. The molecule has 2 atom stereocenters. The SMILES string of the molecule is CC(C)(C)C1CC(c2ccc(C(=N)N)cc2)CCN1C1CCNCC1. The van der Waals surface area contributed by atoms with E-state index < -0.39 is 0 Å². The zero-order valence-electron chi connectivity index (χ0n) is 16.0. The summed E-state index contributed by atoms with van der Waals surface area (Å²) in [4.78, 5) is 2.82. The van der Waals surface area contributed by atoms with Crippen LogP contribution in [0, 0.1) is 10.8 Å². The molecule has 4 N–H and O–H groups in total. The summed E-state index contributed by atoms with van der Waals surface area (Å²) in [6.45, 7) is 10.7. The number of nitrogen functional groups attached to an aromatic ring is 1. The minimum absolute atomic E-state index is 0.153. The van der Waals surface area contributed by atoms with Crippen LogP contribution in [0.2, 0.25) is 0 Å². The van der Waals surface area contributed by atoms with Gasteiger partial charge in [-0.3, -0.25) is 10.3 Å². The maximum Gasteiger partial charge on any atom is 0.122 e. The third-order valence-electron chi connectivity index (χ3n) is 6.11. The number of nitrogens with zero attached hydrogens (tertiary/aromatic N) is 1. The van der Waals surface area contributed by atoms with Crippen LogP contribution >= 0.6 is 0 Å². The summed E-state index contributed by atoms with van der Waals surface area (Å²) in [5.74, 6) is 0.767. The van der Waals surface area contributed by atoms with Crippen molar-refractivity contribution in [3.8, 4) is 0 Å². The van der Waals surface area contributed by atoms with Gasteiger partial charge in [-0.2, -0.15) is 0 Å². The first kappa shape index (κ1) is 18.4. The summed E-state index contributed by atoms with van der Waals surface area (Å²) in [5, 5.41) is 11.1. The zero-order valence-corrected chi connectivity index (χ0v) is 16.0. The van der Waals surface area contributed by atoms with Crippen molar-refractivity contribution < 1.29 is 0 Å². The molecule has 2 heterocycles. The molecule has 0 aliphatic carbocycles. The molecule has 2 aliphatic rings. The van der Waals surface area contributed by atoms with E-state index in [0.29, 0.717) is 17.4 Å². The van der Waals surface area contributed by atoms with E-state index in [9.17, 15) is 0 Å². The summed E-state index contributed by atoms with van der Waals surface area (Å²) in [5.41, 5.74) is 8.12. The summed E-state index contributed by atoms with van der Waals surface area (Å²) < 4.78 is 0. The summed E-state index contributed by atoms with van der Waals surface area (Å²) in [7, 11) is 0. The molecule has 2 unspecified atom stereocenters. The van der Waals surface area contributed by atoms with E-state index in [4.69, 9.17) is 11.1 Å². The van der Waals surface area contributed by atoms with Crippen molar-refractivity contribution in [2.75, 3.05) is 19.6 Å². The minimum Gasteiger partial charge on any atom is -0.384 e. The number of benzene rings is 1. The molecular weight excluding hydrogens is 308 g/mol. The molecule has 4 nitrogen and oxygen atoms in total. The number of piperidine rings is 2. The minimum atomic E-state index is 0.153. The number of nitrogens with two attached hydrogens (primary N) is 1. The van der Waals surface area contributed by atoms with E-state index in [1.165, 1.54) is 37.8 Å². The summed E-state index contributed by atoms with van der Waals surface area (Å²) in [6.07, 6.45) is 5.03. The highest BCUT2D eigenvalue weighted by Gasteiger charge is 2.39. The average Bonchev–Trinajstić information content (AvgIpc) is 2.61. The predicted octanol–water partition coefficient (Wildman–Crippen LogP) is 3.32. The molecule has 0 aromatic heterocycles.